The molecule has 0 atom stereocenters. The van der Waals surface area contributed by atoms with Gasteiger partial charge in [0.1, 0.15) is 0 Å². The van der Waals surface area contributed by atoms with E-state index >= 15 is 0 Å². The summed E-state index contributed by atoms with van der Waals surface area (Å²) < 4.78 is 5.29. The molecule has 2 heterocycles. The molecular weight excluding hydrogens is 272 g/mol. The molecule has 2 aliphatic heterocycles. The Hall–Kier alpha value is -1.18. The third-order valence-corrected chi connectivity index (χ3v) is 4.06. The van der Waals surface area contributed by atoms with Crippen LogP contribution in [0.15, 0.2) is 0 Å². The number of carbonyl (C=O) groups excluding carboxylic acids is 2. The number of morpholine rings is 1. The highest BCUT2D eigenvalue weighted by Gasteiger charge is 2.16. The highest BCUT2D eigenvalue weighted by atomic mass is 16.5. The molecule has 0 aliphatic carbocycles. The predicted molar refractivity (Wildman–Crippen MR) is 79.0 cm³/mol. The van der Waals surface area contributed by atoms with Crippen LogP contribution in [0.3, 0.4) is 0 Å². The van der Waals surface area contributed by atoms with E-state index in [2.05, 4.69) is 15.1 Å². The first-order valence-electron chi connectivity index (χ1n) is 7.76. The molecule has 2 fully saturated rings. The monoisotopic (exact) mass is 298 g/mol. The smallest absolute Gasteiger partial charge is 0.221 e. The van der Waals surface area contributed by atoms with Gasteiger partial charge in [-0.3, -0.25) is 19.4 Å². The number of ether oxygens (including phenoxy) is 1. The standard InChI is InChI=1S/C14H26N4O3/c19-13-18-7-5-16(6-8-18)3-1-14(20)15-2-4-17-9-11-21-12-10-17/h13H,1-12H2,(H,15,20). The van der Waals surface area contributed by atoms with Crippen molar-refractivity contribution in [1.82, 2.24) is 20.0 Å². The van der Waals surface area contributed by atoms with Gasteiger partial charge < -0.3 is 15.0 Å². The quantitative estimate of drug-likeness (QED) is 0.586. The molecule has 2 aliphatic rings. The Morgan fingerprint density at radius 2 is 1.67 bits per heavy atom. The highest BCUT2D eigenvalue weighted by molar-refractivity contribution is 5.76. The number of hydrogen-bond donors (Lipinski definition) is 1. The van der Waals surface area contributed by atoms with Crippen LogP contribution in [-0.4, -0.2) is 99.1 Å². The highest BCUT2D eigenvalue weighted by Crippen LogP contribution is 2.00. The van der Waals surface area contributed by atoms with Crippen LogP contribution < -0.4 is 5.32 Å². The van der Waals surface area contributed by atoms with Gasteiger partial charge in [0.05, 0.1) is 13.2 Å². The Kier molecular flexibility index (Phi) is 6.91. The van der Waals surface area contributed by atoms with E-state index in [9.17, 15) is 9.59 Å². The lowest BCUT2D eigenvalue weighted by molar-refractivity contribution is -0.123. The van der Waals surface area contributed by atoms with Crippen LogP contribution in [0.25, 0.3) is 0 Å². The maximum Gasteiger partial charge on any atom is 0.221 e. The van der Waals surface area contributed by atoms with Gasteiger partial charge in [-0.25, -0.2) is 0 Å². The van der Waals surface area contributed by atoms with Gasteiger partial charge in [-0.1, -0.05) is 0 Å². The van der Waals surface area contributed by atoms with Gasteiger partial charge >= 0.3 is 0 Å². The van der Waals surface area contributed by atoms with Crippen molar-refractivity contribution in [2.24, 2.45) is 0 Å². The Labute approximate surface area is 126 Å². The molecule has 0 aromatic carbocycles. The fourth-order valence-corrected chi connectivity index (χ4v) is 2.62. The second-order valence-corrected chi connectivity index (χ2v) is 5.54. The number of carbonyl (C=O) groups is 2. The van der Waals surface area contributed by atoms with E-state index in [0.717, 1.165) is 72.0 Å². The molecule has 0 spiro atoms. The van der Waals surface area contributed by atoms with Gasteiger partial charge in [-0.2, -0.15) is 0 Å². The summed E-state index contributed by atoms with van der Waals surface area (Å²) >= 11 is 0. The normalized spacial score (nSPS) is 21.2. The number of hydrogen-bond acceptors (Lipinski definition) is 5. The van der Waals surface area contributed by atoms with E-state index in [4.69, 9.17) is 4.74 Å². The molecule has 21 heavy (non-hydrogen) atoms. The third-order valence-electron chi connectivity index (χ3n) is 4.06. The molecule has 7 heteroatoms. The lowest BCUT2D eigenvalue weighted by atomic mass is 10.3. The van der Waals surface area contributed by atoms with Crippen LogP contribution in [0.2, 0.25) is 0 Å². The molecule has 0 saturated carbocycles. The molecule has 2 rings (SSSR count). The van der Waals surface area contributed by atoms with Crippen molar-refractivity contribution in [1.29, 1.82) is 0 Å². The number of nitrogens with one attached hydrogen (secondary N) is 1. The van der Waals surface area contributed by atoms with Crippen LogP contribution in [-0.2, 0) is 14.3 Å². The number of amides is 2. The zero-order chi connectivity index (χ0) is 14.9. The summed E-state index contributed by atoms with van der Waals surface area (Å²) in [6.07, 6.45) is 1.43. The SMILES string of the molecule is O=CN1CCN(CCC(=O)NCCN2CCOCC2)CC1. The van der Waals surface area contributed by atoms with Crippen molar-refractivity contribution >= 4 is 12.3 Å². The molecule has 0 aromatic heterocycles. The molecule has 0 aromatic rings. The van der Waals surface area contributed by atoms with Crippen LogP contribution in [0.5, 0.6) is 0 Å². The largest absolute Gasteiger partial charge is 0.379 e. The van der Waals surface area contributed by atoms with Crippen LogP contribution in [0, 0.1) is 0 Å². The average Bonchev–Trinajstić information content (AvgIpc) is 2.54. The Morgan fingerprint density at radius 3 is 2.33 bits per heavy atom. The second kappa shape index (κ2) is 8.96. The summed E-state index contributed by atoms with van der Waals surface area (Å²) in [5, 5.41) is 2.97. The van der Waals surface area contributed by atoms with Gasteiger partial charge in [0.15, 0.2) is 0 Å². The van der Waals surface area contributed by atoms with E-state index in [1.165, 1.54) is 0 Å². The summed E-state index contributed by atoms with van der Waals surface area (Å²) in [7, 11) is 0. The fourth-order valence-electron chi connectivity index (χ4n) is 2.62. The summed E-state index contributed by atoms with van der Waals surface area (Å²) in [6, 6.07) is 0. The molecule has 7 nitrogen and oxygen atoms in total. The van der Waals surface area contributed by atoms with E-state index in [1.807, 2.05) is 0 Å². The second-order valence-electron chi connectivity index (χ2n) is 5.54. The van der Waals surface area contributed by atoms with Gasteiger partial charge in [0, 0.05) is 65.3 Å². The number of rotatable bonds is 7. The minimum absolute atomic E-state index is 0.112. The Bertz CT molecular complexity index is 326. The molecule has 1 N–H and O–H groups in total. The van der Waals surface area contributed by atoms with Crippen molar-refractivity contribution in [2.75, 3.05) is 72.1 Å². The van der Waals surface area contributed by atoms with Crippen LogP contribution in [0.1, 0.15) is 6.42 Å². The van der Waals surface area contributed by atoms with Crippen molar-refractivity contribution in [2.45, 2.75) is 6.42 Å². The molecule has 2 saturated heterocycles. The summed E-state index contributed by atoms with van der Waals surface area (Å²) in [4.78, 5) is 28.7. The summed E-state index contributed by atoms with van der Waals surface area (Å²) in [5.41, 5.74) is 0. The van der Waals surface area contributed by atoms with Crippen molar-refractivity contribution < 1.29 is 14.3 Å². The maximum absolute atomic E-state index is 11.8. The molecule has 120 valence electrons. The first kappa shape index (κ1) is 16.2. The number of nitrogens with zero attached hydrogens (tertiary/aromatic N) is 3. The summed E-state index contributed by atoms with van der Waals surface area (Å²) in [6.45, 7) is 9.13. The van der Waals surface area contributed by atoms with Crippen LogP contribution in [0.4, 0.5) is 0 Å². The molecule has 0 bridgehead atoms. The molecule has 2 amide bonds. The zero-order valence-electron chi connectivity index (χ0n) is 12.6. The number of piperazine rings is 1. The predicted octanol–water partition coefficient (Wildman–Crippen LogP) is -1.40. The molecule has 0 unspecified atom stereocenters. The topological polar surface area (TPSA) is 65.1 Å². The average molecular weight is 298 g/mol. The minimum Gasteiger partial charge on any atom is -0.379 e. The summed E-state index contributed by atoms with van der Waals surface area (Å²) in [5.74, 6) is 0.112. The lowest BCUT2D eigenvalue weighted by Gasteiger charge is -2.32. The van der Waals surface area contributed by atoms with Crippen molar-refractivity contribution in [3.05, 3.63) is 0 Å². The fraction of sp³-hybridized carbons (Fsp3) is 0.857. The minimum atomic E-state index is 0.112. The molecule has 0 radical (unpaired) electrons. The zero-order valence-corrected chi connectivity index (χ0v) is 12.6. The van der Waals surface area contributed by atoms with Gasteiger partial charge in [-0.15, -0.1) is 0 Å². The van der Waals surface area contributed by atoms with Crippen molar-refractivity contribution in [3.8, 4) is 0 Å². The third kappa shape index (κ3) is 5.99. The maximum atomic E-state index is 11.8. The van der Waals surface area contributed by atoms with E-state index in [1.54, 1.807) is 4.90 Å². The lowest BCUT2D eigenvalue weighted by Crippen LogP contribution is -2.46. The molecular formula is C14H26N4O3. The Balaban J connectivity index is 1.50. The van der Waals surface area contributed by atoms with E-state index in [-0.39, 0.29) is 5.91 Å². The van der Waals surface area contributed by atoms with E-state index in [0.29, 0.717) is 13.0 Å². The van der Waals surface area contributed by atoms with Gasteiger partial charge in [0.2, 0.25) is 12.3 Å². The van der Waals surface area contributed by atoms with Gasteiger partial charge in [0.25, 0.3) is 0 Å². The Morgan fingerprint density at radius 1 is 1.00 bits per heavy atom. The first-order valence-corrected chi connectivity index (χ1v) is 7.76. The van der Waals surface area contributed by atoms with Crippen molar-refractivity contribution in [3.63, 3.8) is 0 Å². The van der Waals surface area contributed by atoms with Crippen LogP contribution >= 0.6 is 0 Å². The first-order chi connectivity index (χ1) is 10.3. The van der Waals surface area contributed by atoms with Gasteiger partial charge in [-0.05, 0) is 0 Å². The van der Waals surface area contributed by atoms with E-state index < -0.39 is 0 Å².